The van der Waals surface area contributed by atoms with Crippen molar-refractivity contribution in [2.75, 3.05) is 6.54 Å². The number of hydrogen-bond acceptors (Lipinski definition) is 3. The van der Waals surface area contributed by atoms with Crippen molar-refractivity contribution >= 4 is 0 Å². The summed E-state index contributed by atoms with van der Waals surface area (Å²) in [6, 6.07) is 4.07. The summed E-state index contributed by atoms with van der Waals surface area (Å²) >= 11 is 0. The highest BCUT2D eigenvalue weighted by molar-refractivity contribution is 5.02. The van der Waals surface area contributed by atoms with Crippen LogP contribution in [-0.4, -0.2) is 17.7 Å². The van der Waals surface area contributed by atoms with Crippen LogP contribution in [0.25, 0.3) is 0 Å². The molecule has 0 bridgehead atoms. The van der Waals surface area contributed by atoms with Gasteiger partial charge in [-0.1, -0.05) is 6.92 Å². The Hall–Kier alpha value is -0.800. The zero-order valence-corrected chi connectivity index (χ0v) is 9.15. The molecule has 3 unspecified atom stereocenters. The third-order valence-electron chi connectivity index (χ3n) is 3.14. The lowest BCUT2D eigenvalue weighted by atomic mass is 9.91. The van der Waals surface area contributed by atoms with Gasteiger partial charge in [0, 0.05) is 6.04 Å². The van der Waals surface area contributed by atoms with Gasteiger partial charge in [0.05, 0.1) is 6.26 Å². The number of aliphatic hydroxyl groups excluding tert-OH is 1. The summed E-state index contributed by atoms with van der Waals surface area (Å²) in [4.78, 5) is 0. The van der Waals surface area contributed by atoms with Crippen LogP contribution in [0.1, 0.15) is 38.1 Å². The maximum Gasteiger partial charge on any atom is 0.132 e. The molecular weight excluding hydrogens is 190 g/mol. The van der Waals surface area contributed by atoms with Gasteiger partial charge in [0.2, 0.25) is 0 Å². The second kappa shape index (κ2) is 4.81. The standard InChI is InChI=1S/C12H19NO2/c1-9-4-5-13-10(7-9)8-11(14)12-3-2-6-15-12/h2-3,6,9-11,13-14H,4-5,7-8H2,1H3. The topological polar surface area (TPSA) is 45.4 Å². The van der Waals surface area contributed by atoms with E-state index in [9.17, 15) is 5.11 Å². The summed E-state index contributed by atoms with van der Waals surface area (Å²) < 4.78 is 5.19. The molecule has 15 heavy (non-hydrogen) atoms. The van der Waals surface area contributed by atoms with Gasteiger partial charge >= 0.3 is 0 Å². The monoisotopic (exact) mass is 209 g/mol. The Balaban J connectivity index is 1.86. The van der Waals surface area contributed by atoms with E-state index < -0.39 is 6.10 Å². The molecule has 1 saturated heterocycles. The predicted octanol–water partition coefficient (Wildman–Crippen LogP) is 2.09. The van der Waals surface area contributed by atoms with Crippen molar-refractivity contribution in [3.8, 4) is 0 Å². The fourth-order valence-electron chi connectivity index (χ4n) is 2.27. The highest BCUT2D eigenvalue weighted by Crippen LogP contribution is 2.24. The lowest BCUT2D eigenvalue weighted by Crippen LogP contribution is -2.38. The fraction of sp³-hybridized carbons (Fsp3) is 0.667. The molecule has 0 aromatic carbocycles. The second-order valence-corrected chi connectivity index (χ2v) is 4.55. The molecule has 1 aliphatic rings. The molecule has 1 aromatic rings. The summed E-state index contributed by atoms with van der Waals surface area (Å²) in [5, 5.41) is 13.4. The lowest BCUT2D eigenvalue weighted by molar-refractivity contribution is 0.116. The molecule has 0 spiro atoms. The molecule has 0 radical (unpaired) electrons. The number of nitrogens with one attached hydrogen (secondary N) is 1. The molecule has 0 saturated carbocycles. The molecule has 84 valence electrons. The first-order valence-electron chi connectivity index (χ1n) is 5.70. The van der Waals surface area contributed by atoms with Crippen LogP contribution in [-0.2, 0) is 0 Å². The Morgan fingerprint density at radius 1 is 1.67 bits per heavy atom. The summed E-state index contributed by atoms with van der Waals surface area (Å²) in [6.45, 7) is 3.34. The van der Waals surface area contributed by atoms with Crippen molar-refractivity contribution in [2.24, 2.45) is 5.92 Å². The van der Waals surface area contributed by atoms with Crippen molar-refractivity contribution in [3.63, 3.8) is 0 Å². The quantitative estimate of drug-likeness (QED) is 0.801. The van der Waals surface area contributed by atoms with E-state index >= 15 is 0 Å². The van der Waals surface area contributed by atoms with E-state index in [1.165, 1.54) is 6.42 Å². The van der Waals surface area contributed by atoms with Gasteiger partial charge in [0.25, 0.3) is 0 Å². The van der Waals surface area contributed by atoms with Crippen molar-refractivity contribution in [1.29, 1.82) is 0 Å². The SMILES string of the molecule is CC1CCNC(CC(O)c2ccco2)C1. The molecule has 2 heterocycles. The summed E-state index contributed by atoms with van der Waals surface area (Å²) in [6.07, 6.45) is 4.28. The maximum absolute atomic E-state index is 9.91. The number of piperidine rings is 1. The Kier molecular flexibility index (Phi) is 3.44. The van der Waals surface area contributed by atoms with Crippen LogP contribution < -0.4 is 5.32 Å². The first kappa shape index (κ1) is 10.7. The second-order valence-electron chi connectivity index (χ2n) is 4.55. The van der Waals surface area contributed by atoms with Gasteiger partial charge in [0.15, 0.2) is 0 Å². The van der Waals surface area contributed by atoms with Gasteiger partial charge in [-0.3, -0.25) is 0 Å². The third kappa shape index (κ3) is 2.83. The number of furan rings is 1. The minimum Gasteiger partial charge on any atom is -0.467 e. The smallest absolute Gasteiger partial charge is 0.132 e. The summed E-state index contributed by atoms with van der Waals surface area (Å²) in [5.41, 5.74) is 0. The van der Waals surface area contributed by atoms with Crippen LogP contribution in [0, 0.1) is 5.92 Å². The molecule has 2 rings (SSSR count). The van der Waals surface area contributed by atoms with Crippen molar-refractivity contribution in [3.05, 3.63) is 24.2 Å². The summed E-state index contributed by atoms with van der Waals surface area (Å²) in [7, 11) is 0. The van der Waals surface area contributed by atoms with Crippen LogP contribution in [0.5, 0.6) is 0 Å². The fourth-order valence-corrected chi connectivity index (χ4v) is 2.27. The Morgan fingerprint density at radius 2 is 2.53 bits per heavy atom. The summed E-state index contributed by atoms with van der Waals surface area (Å²) in [5.74, 6) is 1.44. The van der Waals surface area contributed by atoms with Gasteiger partial charge < -0.3 is 14.8 Å². The zero-order chi connectivity index (χ0) is 10.7. The van der Waals surface area contributed by atoms with Crippen LogP contribution in [0.3, 0.4) is 0 Å². The first-order chi connectivity index (χ1) is 7.25. The number of rotatable bonds is 3. The maximum atomic E-state index is 9.91. The van der Waals surface area contributed by atoms with Crippen LogP contribution >= 0.6 is 0 Å². The normalized spacial score (nSPS) is 28.9. The third-order valence-corrected chi connectivity index (χ3v) is 3.14. The van der Waals surface area contributed by atoms with E-state index in [0.717, 1.165) is 25.3 Å². The highest BCUT2D eigenvalue weighted by atomic mass is 16.4. The van der Waals surface area contributed by atoms with E-state index in [1.54, 1.807) is 6.26 Å². The lowest BCUT2D eigenvalue weighted by Gasteiger charge is -2.29. The van der Waals surface area contributed by atoms with E-state index in [4.69, 9.17) is 4.42 Å². The molecule has 0 aliphatic carbocycles. The number of aliphatic hydroxyl groups is 1. The van der Waals surface area contributed by atoms with Gasteiger partial charge in [-0.05, 0) is 43.9 Å². The van der Waals surface area contributed by atoms with Gasteiger partial charge in [0.1, 0.15) is 11.9 Å². The Bertz CT molecular complexity index is 284. The average Bonchev–Trinajstić information content (AvgIpc) is 2.70. The largest absolute Gasteiger partial charge is 0.467 e. The van der Waals surface area contributed by atoms with Crippen LogP contribution in [0.4, 0.5) is 0 Å². The predicted molar refractivity (Wildman–Crippen MR) is 58.5 cm³/mol. The first-order valence-corrected chi connectivity index (χ1v) is 5.70. The van der Waals surface area contributed by atoms with Gasteiger partial charge in [-0.15, -0.1) is 0 Å². The van der Waals surface area contributed by atoms with E-state index in [0.29, 0.717) is 11.8 Å². The highest BCUT2D eigenvalue weighted by Gasteiger charge is 2.22. The van der Waals surface area contributed by atoms with Crippen molar-refractivity contribution < 1.29 is 9.52 Å². The van der Waals surface area contributed by atoms with E-state index in [1.807, 2.05) is 12.1 Å². The molecule has 3 nitrogen and oxygen atoms in total. The minimum absolute atomic E-state index is 0.425. The van der Waals surface area contributed by atoms with Gasteiger partial charge in [-0.2, -0.15) is 0 Å². The molecule has 1 aromatic heterocycles. The van der Waals surface area contributed by atoms with Crippen molar-refractivity contribution in [1.82, 2.24) is 5.32 Å². The van der Waals surface area contributed by atoms with E-state index in [2.05, 4.69) is 12.2 Å². The average molecular weight is 209 g/mol. The Labute approximate surface area is 90.5 Å². The molecule has 1 fully saturated rings. The zero-order valence-electron chi connectivity index (χ0n) is 9.15. The van der Waals surface area contributed by atoms with Gasteiger partial charge in [-0.25, -0.2) is 0 Å². The number of hydrogen-bond donors (Lipinski definition) is 2. The van der Waals surface area contributed by atoms with Crippen LogP contribution in [0.15, 0.2) is 22.8 Å². The van der Waals surface area contributed by atoms with Crippen molar-refractivity contribution in [2.45, 2.75) is 38.3 Å². The van der Waals surface area contributed by atoms with E-state index in [-0.39, 0.29) is 0 Å². The molecule has 1 aliphatic heterocycles. The minimum atomic E-state index is -0.470. The molecular formula is C12H19NO2. The molecule has 2 N–H and O–H groups in total. The Morgan fingerprint density at radius 3 is 3.20 bits per heavy atom. The molecule has 3 atom stereocenters. The molecule has 3 heteroatoms. The molecule has 0 amide bonds. The van der Waals surface area contributed by atoms with Crippen LogP contribution in [0.2, 0.25) is 0 Å².